The Labute approximate surface area is 170 Å². The predicted molar refractivity (Wildman–Crippen MR) is 113 cm³/mol. The van der Waals surface area contributed by atoms with Crippen molar-refractivity contribution in [2.75, 3.05) is 4.90 Å². The molecule has 4 rings (SSSR count). The smallest absolute Gasteiger partial charge is 0.348 e. The first-order chi connectivity index (χ1) is 13.5. The molecule has 2 aliphatic rings. The molecule has 0 spiro atoms. The molecule has 1 unspecified atom stereocenters. The van der Waals surface area contributed by atoms with Crippen LogP contribution in [0.4, 0.5) is 5.69 Å². The molecule has 2 fully saturated rings. The van der Waals surface area contributed by atoms with Gasteiger partial charge in [0.15, 0.2) is 0 Å². The molecule has 1 saturated heterocycles. The van der Waals surface area contributed by atoms with Crippen molar-refractivity contribution in [1.29, 1.82) is 0 Å². The van der Waals surface area contributed by atoms with E-state index in [1.54, 1.807) is 0 Å². The van der Waals surface area contributed by atoms with E-state index in [4.69, 9.17) is 0 Å². The third-order valence-electron chi connectivity index (χ3n) is 6.32. The van der Waals surface area contributed by atoms with Crippen molar-refractivity contribution in [3.63, 3.8) is 0 Å². The van der Waals surface area contributed by atoms with E-state index in [1.165, 1.54) is 24.2 Å². The van der Waals surface area contributed by atoms with Gasteiger partial charge in [-0.15, -0.1) is 11.3 Å². The zero-order valence-corrected chi connectivity index (χ0v) is 17.1. The van der Waals surface area contributed by atoms with Gasteiger partial charge in [-0.05, 0) is 49.1 Å². The van der Waals surface area contributed by atoms with Gasteiger partial charge in [-0.25, -0.2) is 4.79 Å². The van der Waals surface area contributed by atoms with E-state index in [-0.39, 0.29) is 16.8 Å². The summed E-state index contributed by atoms with van der Waals surface area (Å²) in [6, 6.07) is 11.9. The van der Waals surface area contributed by atoms with Crippen LogP contribution in [0.1, 0.15) is 61.5 Å². The maximum absolute atomic E-state index is 13.0. The number of benzene rings is 1. The quantitative estimate of drug-likeness (QED) is 0.707. The summed E-state index contributed by atoms with van der Waals surface area (Å²) >= 11 is 1.27. The normalized spacial score (nSPS) is 25.7. The molecule has 1 aliphatic heterocycles. The second kappa shape index (κ2) is 8.08. The first-order valence-electron chi connectivity index (χ1n) is 10.3. The first kappa shape index (κ1) is 19.2. The number of piperidine rings is 1. The fourth-order valence-electron chi connectivity index (χ4n) is 4.79. The molecule has 1 atom stereocenters. The second-order valence-corrected chi connectivity index (χ2v) is 9.29. The Hall–Kier alpha value is -2.14. The average molecular weight is 398 g/mol. The van der Waals surface area contributed by atoms with Crippen LogP contribution < -0.4 is 4.90 Å². The highest BCUT2D eigenvalue weighted by Crippen LogP contribution is 2.43. The molecule has 4 nitrogen and oxygen atoms in total. The predicted octanol–water partition coefficient (Wildman–Crippen LogP) is 5.83. The molecule has 1 aromatic heterocycles. The topological polar surface area (TPSA) is 57.6 Å². The van der Waals surface area contributed by atoms with Crippen LogP contribution in [-0.4, -0.2) is 23.0 Å². The molecule has 28 heavy (non-hydrogen) atoms. The highest BCUT2D eigenvalue weighted by Gasteiger charge is 2.38. The Kier molecular flexibility index (Phi) is 5.54. The van der Waals surface area contributed by atoms with Crippen molar-refractivity contribution in [3.05, 3.63) is 41.3 Å². The number of thiophene rings is 1. The van der Waals surface area contributed by atoms with Crippen molar-refractivity contribution in [3.8, 4) is 10.4 Å². The third kappa shape index (κ3) is 3.72. The largest absolute Gasteiger partial charge is 0.477 e. The maximum atomic E-state index is 13.0. The van der Waals surface area contributed by atoms with Gasteiger partial charge in [0, 0.05) is 17.3 Å². The van der Waals surface area contributed by atoms with Crippen LogP contribution >= 0.6 is 11.3 Å². The van der Waals surface area contributed by atoms with E-state index in [1.807, 2.05) is 41.3 Å². The number of amides is 1. The standard InChI is InChI=1S/C23H27NO3S/c1-15-10-12-16(13-11-15)18-8-5-9-21(25)24(18)19-14-20(28-22(19)23(26)27)17-6-3-2-4-7-17/h2-4,6-7,14-16,18H,5,8-13H2,1H3,(H,26,27). The number of nitrogens with zero attached hydrogens (tertiary/aromatic N) is 1. The van der Waals surface area contributed by atoms with Crippen LogP contribution in [0.3, 0.4) is 0 Å². The van der Waals surface area contributed by atoms with E-state index < -0.39 is 5.97 Å². The molecule has 1 amide bonds. The highest BCUT2D eigenvalue weighted by atomic mass is 32.1. The zero-order valence-electron chi connectivity index (χ0n) is 16.3. The fraction of sp³-hybridized carbons (Fsp3) is 0.478. The molecule has 1 aromatic carbocycles. The minimum Gasteiger partial charge on any atom is -0.477 e. The Morgan fingerprint density at radius 2 is 1.82 bits per heavy atom. The van der Waals surface area contributed by atoms with Gasteiger partial charge in [-0.2, -0.15) is 0 Å². The molecular formula is C23H27NO3S. The van der Waals surface area contributed by atoms with Gasteiger partial charge >= 0.3 is 5.97 Å². The van der Waals surface area contributed by atoms with E-state index in [2.05, 4.69) is 6.92 Å². The minimum absolute atomic E-state index is 0.0785. The van der Waals surface area contributed by atoms with Gasteiger partial charge in [0.2, 0.25) is 5.91 Å². The molecule has 1 N–H and O–H groups in total. The number of rotatable bonds is 4. The number of hydrogen-bond acceptors (Lipinski definition) is 3. The zero-order chi connectivity index (χ0) is 19.7. The summed E-state index contributed by atoms with van der Waals surface area (Å²) in [6.07, 6.45) is 7.06. The summed E-state index contributed by atoms with van der Waals surface area (Å²) in [5, 5.41) is 9.85. The molecule has 2 aromatic rings. The van der Waals surface area contributed by atoms with Crippen LogP contribution in [0.5, 0.6) is 0 Å². The number of carbonyl (C=O) groups excluding carboxylic acids is 1. The number of aromatic carboxylic acids is 1. The first-order valence-corrected chi connectivity index (χ1v) is 11.1. The summed E-state index contributed by atoms with van der Waals surface area (Å²) < 4.78 is 0. The lowest BCUT2D eigenvalue weighted by molar-refractivity contribution is -0.120. The number of anilines is 1. The molecule has 148 valence electrons. The number of carboxylic acids is 1. The van der Waals surface area contributed by atoms with Crippen molar-refractivity contribution >= 4 is 28.9 Å². The van der Waals surface area contributed by atoms with E-state index in [0.717, 1.165) is 42.0 Å². The van der Waals surface area contributed by atoms with Crippen molar-refractivity contribution in [1.82, 2.24) is 0 Å². The summed E-state index contributed by atoms with van der Waals surface area (Å²) in [5.74, 6) is 0.359. The molecule has 5 heteroatoms. The van der Waals surface area contributed by atoms with Crippen LogP contribution in [0.25, 0.3) is 10.4 Å². The highest BCUT2D eigenvalue weighted by molar-refractivity contribution is 7.18. The van der Waals surface area contributed by atoms with Crippen LogP contribution in [-0.2, 0) is 4.79 Å². The number of carboxylic acid groups (broad SMARTS) is 1. The van der Waals surface area contributed by atoms with Gasteiger partial charge in [0.05, 0.1) is 5.69 Å². The number of hydrogen-bond donors (Lipinski definition) is 1. The Bertz CT molecular complexity index is 852. The van der Waals surface area contributed by atoms with Gasteiger partial charge in [0.25, 0.3) is 0 Å². The molecule has 0 radical (unpaired) electrons. The summed E-state index contributed by atoms with van der Waals surface area (Å²) in [7, 11) is 0. The van der Waals surface area contributed by atoms with Gasteiger partial charge in [-0.1, -0.05) is 50.1 Å². The van der Waals surface area contributed by atoms with Gasteiger partial charge < -0.3 is 10.0 Å². The SMILES string of the molecule is CC1CCC(C2CCCC(=O)N2c2cc(-c3ccccc3)sc2C(=O)O)CC1. The molecule has 0 bridgehead atoms. The van der Waals surface area contributed by atoms with E-state index in [0.29, 0.717) is 18.0 Å². The van der Waals surface area contributed by atoms with E-state index >= 15 is 0 Å². The monoisotopic (exact) mass is 397 g/mol. The Morgan fingerprint density at radius 1 is 1.11 bits per heavy atom. The van der Waals surface area contributed by atoms with E-state index in [9.17, 15) is 14.7 Å². The lowest BCUT2D eigenvalue weighted by Gasteiger charge is -2.42. The minimum atomic E-state index is -0.948. The second-order valence-electron chi connectivity index (χ2n) is 8.24. The Morgan fingerprint density at radius 3 is 2.50 bits per heavy atom. The number of carbonyl (C=O) groups is 2. The molecule has 1 aliphatic carbocycles. The van der Waals surface area contributed by atoms with Crippen molar-refractivity contribution in [2.24, 2.45) is 11.8 Å². The van der Waals surface area contributed by atoms with Crippen LogP contribution in [0.15, 0.2) is 36.4 Å². The van der Waals surface area contributed by atoms with Crippen molar-refractivity contribution < 1.29 is 14.7 Å². The Balaban J connectivity index is 1.72. The lowest BCUT2D eigenvalue weighted by atomic mass is 9.76. The molecular weight excluding hydrogens is 370 g/mol. The summed E-state index contributed by atoms with van der Waals surface area (Å²) in [6.45, 7) is 2.30. The fourth-order valence-corrected chi connectivity index (χ4v) is 5.78. The third-order valence-corrected chi connectivity index (χ3v) is 7.48. The van der Waals surface area contributed by atoms with Crippen molar-refractivity contribution in [2.45, 2.75) is 57.9 Å². The maximum Gasteiger partial charge on any atom is 0.348 e. The summed E-state index contributed by atoms with van der Waals surface area (Å²) in [4.78, 5) is 28.0. The van der Waals surface area contributed by atoms with Gasteiger partial charge in [-0.3, -0.25) is 4.79 Å². The lowest BCUT2D eigenvalue weighted by Crippen LogP contribution is -2.48. The van der Waals surface area contributed by atoms with Gasteiger partial charge in [0.1, 0.15) is 4.88 Å². The average Bonchev–Trinajstić information content (AvgIpc) is 3.14. The summed E-state index contributed by atoms with van der Waals surface area (Å²) in [5.41, 5.74) is 1.60. The molecule has 1 saturated carbocycles. The van der Waals surface area contributed by atoms with Crippen LogP contribution in [0.2, 0.25) is 0 Å². The van der Waals surface area contributed by atoms with Crippen LogP contribution in [0, 0.1) is 11.8 Å². The molecule has 2 heterocycles.